The van der Waals surface area contributed by atoms with Crippen LogP contribution in [-0.4, -0.2) is 41.3 Å². The van der Waals surface area contributed by atoms with Gasteiger partial charge >= 0.3 is 6.18 Å². The Balaban J connectivity index is 1.77. The van der Waals surface area contributed by atoms with Gasteiger partial charge in [-0.1, -0.05) is 24.3 Å². The van der Waals surface area contributed by atoms with Gasteiger partial charge < -0.3 is 15.1 Å². The molecule has 2 N–H and O–H groups in total. The van der Waals surface area contributed by atoms with Crippen molar-refractivity contribution >= 4 is 40.7 Å². The van der Waals surface area contributed by atoms with Gasteiger partial charge in [-0.25, -0.2) is 0 Å². The Bertz CT molecular complexity index is 1500. The first kappa shape index (κ1) is 25.1. The highest BCUT2D eigenvalue weighted by Gasteiger charge is 2.44. The van der Waals surface area contributed by atoms with Crippen molar-refractivity contribution in [2.45, 2.75) is 19.0 Å². The number of phenolic OH excluding ortho intramolecular Hbond substituents is 2. The Morgan fingerprint density at radius 2 is 1.68 bits per heavy atom. The molecule has 3 aromatic carbocycles. The summed E-state index contributed by atoms with van der Waals surface area (Å²) in [4.78, 5) is 34.5. The van der Waals surface area contributed by atoms with Crippen molar-refractivity contribution < 1.29 is 33.0 Å². The van der Waals surface area contributed by atoms with Crippen LogP contribution < -0.4 is 9.80 Å². The van der Waals surface area contributed by atoms with Crippen LogP contribution in [0.15, 0.2) is 71.7 Å². The zero-order valence-electron chi connectivity index (χ0n) is 20.1. The van der Waals surface area contributed by atoms with E-state index < -0.39 is 35.2 Å². The molecule has 1 atom stereocenters. The number of hydrogen-bond donors (Lipinski definition) is 2. The van der Waals surface area contributed by atoms with Crippen LogP contribution in [0.2, 0.25) is 0 Å². The first-order chi connectivity index (χ1) is 18.1. The van der Waals surface area contributed by atoms with Gasteiger partial charge in [0.15, 0.2) is 0 Å². The summed E-state index contributed by atoms with van der Waals surface area (Å²) in [5, 5.41) is 21.3. The fourth-order valence-corrected chi connectivity index (χ4v) is 4.76. The Hall–Kier alpha value is -4.60. The number of carbonyl (C=O) groups is 2. The maximum absolute atomic E-state index is 14.2. The number of allylic oxidation sites excluding steroid dienone is 1. The Labute approximate surface area is 215 Å². The lowest BCUT2D eigenvalue weighted by Gasteiger charge is -2.26. The van der Waals surface area contributed by atoms with Crippen LogP contribution in [0, 0.1) is 0 Å². The number of amides is 2. The molecule has 0 fully saturated rings. The molecular weight excluding hydrogens is 499 g/mol. The lowest BCUT2D eigenvalue weighted by atomic mass is 9.91. The number of likely N-dealkylation sites (N-methyl/N-ethyl adjacent to an activating group) is 1. The van der Waals surface area contributed by atoms with Crippen molar-refractivity contribution in [2.75, 3.05) is 22.9 Å². The first-order valence-corrected chi connectivity index (χ1v) is 11.8. The molecule has 2 amide bonds. The van der Waals surface area contributed by atoms with Crippen LogP contribution in [0.5, 0.6) is 11.5 Å². The smallest absolute Gasteiger partial charge is 0.416 e. The van der Waals surface area contributed by atoms with E-state index in [4.69, 9.17) is 0 Å². The van der Waals surface area contributed by atoms with Crippen molar-refractivity contribution in [3.63, 3.8) is 0 Å². The summed E-state index contributed by atoms with van der Waals surface area (Å²) in [5.74, 6) is -3.96. The molecule has 2 aliphatic rings. The van der Waals surface area contributed by atoms with Crippen molar-refractivity contribution in [1.29, 1.82) is 0 Å². The van der Waals surface area contributed by atoms with E-state index in [1.807, 2.05) is 0 Å². The van der Waals surface area contributed by atoms with E-state index in [0.29, 0.717) is 12.1 Å². The Morgan fingerprint density at radius 1 is 0.947 bits per heavy atom. The SMILES string of the molecule is CCN1C(=O)C(c2cc(C3=CCN=C3)c(O)cc2O)C(=O)N(c2ccccc2)c2cc(C(F)(F)F)ccc21. The molecule has 0 saturated heterocycles. The summed E-state index contributed by atoms with van der Waals surface area (Å²) in [6.45, 7) is 2.07. The topological polar surface area (TPSA) is 93.4 Å². The van der Waals surface area contributed by atoms with Crippen LogP contribution in [0.4, 0.5) is 30.2 Å². The zero-order chi connectivity index (χ0) is 27.2. The number of anilines is 3. The minimum Gasteiger partial charge on any atom is -0.507 e. The number of phenols is 2. The highest BCUT2D eigenvalue weighted by Crippen LogP contribution is 2.46. The van der Waals surface area contributed by atoms with Gasteiger partial charge in [0.25, 0.3) is 0 Å². The molecule has 38 heavy (non-hydrogen) atoms. The number of alkyl halides is 3. The van der Waals surface area contributed by atoms with E-state index in [-0.39, 0.29) is 40.5 Å². The number of benzene rings is 3. The standard InChI is InChI=1S/C28H22F3N3O4/c1-2-33-21-9-8-17(28(29,30)31)12-22(21)34(18-6-4-3-5-7-18)27(38)25(26(33)37)20-13-19(16-10-11-32-15-16)23(35)14-24(20)36/h3-10,12-15,25,35-36H,2,11H2,1H3. The van der Waals surface area contributed by atoms with Gasteiger partial charge in [0.1, 0.15) is 17.4 Å². The summed E-state index contributed by atoms with van der Waals surface area (Å²) < 4.78 is 41.1. The molecule has 0 saturated carbocycles. The number of aliphatic imine (C=N–C) groups is 1. The maximum Gasteiger partial charge on any atom is 0.416 e. The van der Waals surface area contributed by atoms with Crippen molar-refractivity contribution in [1.82, 2.24) is 0 Å². The fraction of sp³-hybridized carbons (Fsp3) is 0.179. The van der Waals surface area contributed by atoms with E-state index >= 15 is 0 Å². The van der Waals surface area contributed by atoms with E-state index in [1.165, 1.54) is 23.2 Å². The van der Waals surface area contributed by atoms with E-state index in [0.717, 1.165) is 23.1 Å². The van der Waals surface area contributed by atoms with Gasteiger partial charge in [0.2, 0.25) is 11.8 Å². The molecule has 3 aromatic rings. The molecule has 2 aliphatic heterocycles. The summed E-state index contributed by atoms with van der Waals surface area (Å²) in [6, 6.07) is 13.3. The minimum absolute atomic E-state index is 0.0487. The third-order valence-corrected chi connectivity index (χ3v) is 6.56. The summed E-state index contributed by atoms with van der Waals surface area (Å²) in [7, 11) is 0. The molecular formula is C28H22F3N3O4. The van der Waals surface area contributed by atoms with E-state index in [9.17, 15) is 33.0 Å². The van der Waals surface area contributed by atoms with Gasteiger partial charge in [0, 0.05) is 41.2 Å². The minimum atomic E-state index is -4.69. The molecule has 194 valence electrons. The Morgan fingerprint density at radius 3 is 2.32 bits per heavy atom. The molecule has 0 aromatic heterocycles. The molecule has 0 spiro atoms. The number of halogens is 3. The third kappa shape index (κ3) is 4.17. The Kier molecular flexibility index (Phi) is 6.18. The average Bonchev–Trinajstić information content (AvgIpc) is 3.39. The van der Waals surface area contributed by atoms with Gasteiger partial charge in [-0.2, -0.15) is 13.2 Å². The fourth-order valence-electron chi connectivity index (χ4n) is 4.76. The molecule has 1 unspecified atom stereocenters. The molecule has 0 bridgehead atoms. The predicted octanol–water partition coefficient (Wildman–Crippen LogP) is 5.40. The lowest BCUT2D eigenvalue weighted by molar-refractivity contribution is -0.137. The molecule has 7 nitrogen and oxygen atoms in total. The van der Waals surface area contributed by atoms with Gasteiger partial charge in [-0.15, -0.1) is 0 Å². The molecule has 0 radical (unpaired) electrons. The number of carbonyl (C=O) groups excluding carboxylic acids is 2. The monoisotopic (exact) mass is 521 g/mol. The van der Waals surface area contributed by atoms with E-state index in [2.05, 4.69) is 4.99 Å². The number of para-hydroxylation sites is 1. The first-order valence-electron chi connectivity index (χ1n) is 11.8. The molecule has 10 heteroatoms. The van der Waals surface area contributed by atoms with Gasteiger partial charge in [0.05, 0.1) is 23.5 Å². The molecule has 2 heterocycles. The van der Waals surface area contributed by atoms with Crippen molar-refractivity contribution in [2.24, 2.45) is 4.99 Å². The lowest BCUT2D eigenvalue weighted by Crippen LogP contribution is -2.39. The second-order valence-electron chi connectivity index (χ2n) is 8.81. The number of nitrogens with zero attached hydrogens (tertiary/aromatic N) is 3. The van der Waals surface area contributed by atoms with Crippen molar-refractivity contribution in [3.05, 3.63) is 83.4 Å². The third-order valence-electron chi connectivity index (χ3n) is 6.56. The predicted molar refractivity (Wildman–Crippen MR) is 137 cm³/mol. The highest BCUT2D eigenvalue weighted by atomic mass is 19.4. The summed E-state index contributed by atoms with van der Waals surface area (Å²) in [6.07, 6.45) is -1.43. The van der Waals surface area contributed by atoms with Crippen LogP contribution in [0.25, 0.3) is 5.57 Å². The van der Waals surface area contributed by atoms with Gasteiger partial charge in [-0.3, -0.25) is 19.5 Å². The van der Waals surface area contributed by atoms with Crippen LogP contribution >= 0.6 is 0 Å². The normalized spacial score (nSPS) is 17.5. The molecule has 5 rings (SSSR count). The van der Waals surface area contributed by atoms with Gasteiger partial charge in [-0.05, 0) is 43.3 Å². The number of rotatable bonds is 4. The zero-order valence-corrected chi connectivity index (χ0v) is 20.1. The number of aromatic hydroxyl groups is 2. The summed E-state index contributed by atoms with van der Waals surface area (Å²) >= 11 is 0. The number of fused-ring (bicyclic) bond motifs is 1. The summed E-state index contributed by atoms with van der Waals surface area (Å²) in [5.41, 5.74) is -0.00533. The largest absolute Gasteiger partial charge is 0.507 e. The molecule has 0 aliphatic carbocycles. The van der Waals surface area contributed by atoms with Crippen LogP contribution in [0.3, 0.4) is 0 Å². The number of hydrogen-bond acceptors (Lipinski definition) is 5. The quantitative estimate of drug-likeness (QED) is 0.450. The average molecular weight is 521 g/mol. The second-order valence-corrected chi connectivity index (χ2v) is 8.81. The van der Waals surface area contributed by atoms with Crippen molar-refractivity contribution in [3.8, 4) is 11.5 Å². The van der Waals surface area contributed by atoms with Crippen LogP contribution in [0.1, 0.15) is 29.5 Å². The van der Waals surface area contributed by atoms with Crippen LogP contribution in [-0.2, 0) is 15.8 Å². The highest BCUT2D eigenvalue weighted by molar-refractivity contribution is 6.23. The second kappa shape index (κ2) is 9.37. The maximum atomic E-state index is 14.2. The van der Waals surface area contributed by atoms with E-state index in [1.54, 1.807) is 43.3 Å².